The first-order valence-corrected chi connectivity index (χ1v) is 5.63. The fourth-order valence-electron chi connectivity index (χ4n) is 1.92. The van der Waals surface area contributed by atoms with E-state index in [2.05, 4.69) is 5.92 Å². The van der Waals surface area contributed by atoms with Crippen LogP contribution in [0.2, 0.25) is 0 Å². The van der Waals surface area contributed by atoms with Gasteiger partial charge in [-0.25, -0.2) is 0 Å². The first-order valence-electron chi connectivity index (χ1n) is 5.63. The van der Waals surface area contributed by atoms with E-state index in [0.29, 0.717) is 6.10 Å². The Bertz CT molecular complexity index is 179. The molecule has 0 amide bonds. The lowest BCUT2D eigenvalue weighted by molar-refractivity contribution is 0.00695. The van der Waals surface area contributed by atoms with Crippen molar-refractivity contribution >= 4 is 0 Å². The van der Waals surface area contributed by atoms with Gasteiger partial charge in [-0.1, -0.05) is 0 Å². The third-order valence-electron chi connectivity index (χ3n) is 2.74. The van der Waals surface area contributed by atoms with Crippen molar-refractivity contribution in [3.63, 3.8) is 0 Å². The molecule has 0 aromatic carbocycles. The van der Waals surface area contributed by atoms with Crippen molar-refractivity contribution in [3.05, 3.63) is 0 Å². The van der Waals surface area contributed by atoms with Gasteiger partial charge in [0.1, 0.15) is 0 Å². The summed E-state index contributed by atoms with van der Waals surface area (Å²) in [6.45, 7) is 0.918. The zero-order valence-corrected chi connectivity index (χ0v) is 8.87. The van der Waals surface area contributed by atoms with E-state index in [-0.39, 0.29) is 6.04 Å². The molecular weight excluding hydrogens is 174 g/mol. The molecule has 0 aromatic heterocycles. The van der Waals surface area contributed by atoms with Gasteiger partial charge >= 0.3 is 0 Å². The van der Waals surface area contributed by atoms with Crippen LogP contribution >= 0.6 is 0 Å². The van der Waals surface area contributed by atoms with Crippen molar-refractivity contribution < 1.29 is 4.74 Å². The normalized spacial score (nSPS) is 24.1. The summed E-state index contributed by atoms with van der Waals surface area (Å²) < 4.78 is 5.63. The molecule has 1 rings (SSSR count). The summed E-state index contributed by atoms with van der Waals surface area (Å²) >= 11 is 0. The Hall–Kier alpha value is -0.520. The number of nitrogens with two attached hydrogens (primary N) is 1. The predicted molar refractivity (Wildman–Crippen MR) is 58.9 cm³/mol. The Morgan fingerprint density at radius 1 is 1.50 bits per heavy atom. The van der Waals surface area contributed by atoms with E-state index >= 15 is 0 Å². The topological polar surface area (TPSA) is 35.2 Å². The molecule has 1 saturated heterocycles. The van der Waals surface area contributed by atoms with E-state index in [4.69, 9.17) is 16.9 Å². The van der Waals surface area contributed by atoms with Crippen LogP contribution in [0, 0.1) is 12.3 Å². The molecule has 2 heteroatoms. The van der Waals surface area contributed by atoms with Crippen LogP contribution in [0.1, 0.15) is 44.9 Å². The van der Waals surface area contributed by atoms with Crippen molar-refractivity contribution in [1.82, 2.24) is 0 Å². The average Bonchev–Trinajstić information content (AvgIpc) is 2.20. The molecule has 2 nitrogen and oxygen atoms in total. The minimum absolute atomic E-state index is 0.270. The number of ether oxygens (including phenoxy) is 1. The molecule has 0 saturated carbocycles. The smallest absolute Gasteiger partial charge is 0.0589 e. The second kappa shape index (κ2) is 6.86. The molecule has 2 atom stereocenters. The molecule has 80 valence electrons. The van der Waals surface area contributed by atoms with Crippen LogP contribution in [0.3, 0.4) is 0 Å². The van der Waals surface area contributed by atoms with Crippen LogP contribution in [0.5, 0.6) is 0 Å². The minimum Gasteiger partial charge on any atom is -0.378 e. The van der Waals surface area contributed by atoms with Crippen molar-refractivity contribution in [1.29, 1.82) is 0 Å². The zero-order valence-electron chi connectivity index (χ0n) is 8.87. The Labute approximate surface area is 87.2 Å². The lowest BCUT2D eigenvalue weighted by atomic mass is 9.99. The van der Waals surface area contributed by atoms with E-state index in [9.17, 15) is 0 Å². The van der Waals surface area contributed by atoms with E-state index in [1.165, 1.54) is 19.3 Å². The Morgan fingerprint density at radius 2 is 2.36 bits per heavy atom. The zero-order chi connectivity index (χ0) is 10.2. The summed E-state index contributed by atoms with van der Waals surface area (Å²) in [4.78, 5) is 0. The van der Waals surface area contributed by atoms with E-state index in [1.54, 1.807) is 0 Å². The van der Waals surface area contributed by atoms with Gasteiger partial charge in [-0.3, -0.25) is 0 Å². The van der Waals surface area contributed by atoms with E-state index in [0.717, 1.165) is 32.3 Å². The maximum absolute atomic E-state index is 6.00. The van der Waals surface area contributed by atoms with Gasteiger partial charge in [-0.05, 0) is 38.5 Å². The van der Waals surface area contributed by atoms with Crippen LogP contribution < -0.4 is 5.73 Å². The number of unbranched alkanes of at least 4 members (excludes halogenated alkanes) is 1. The second-order valence-corrected chi connectivity index (χ2v) is 4.08. The quantitative estimate of drug-likeness (QED) is 0.538. The number of terminal acetylenes is 1. The highest BCUT2D eigenvalue weighted by molar-refractivity contribution is 4.84. The molecule has 14 heavy (non-hydrogen) atoms. The monoisotopic (exact) mass is 195 g/mol. The van der Waals surface area contributed by atoms with Crippen LogP contribution in [0.15, 0.2) is 0 Å². The van der Waals surface area contributed by atoms with Crippen LogP contribution in [0.25, 0.3) is 0 Å². The van der Waals surface area contributed by atoms with Gasteiger partial charge in [0.15, 0.2) is 0 Å². The molecule has 1 fully saturated rings. The highest BCUT2D eigenvalue weighted by atomic mass is 16.5. The van der Waals surface area contributed by atoms with Crippen molar-refractivity contribution in [3.8, 4) is 12.3 Å². The van der Waals surface area contributed by atoms with Gasteiger partial charge in [0.25, 0.3) is 0 Å². The molecule has 0 bridgehead atoms. The molecule has 1 heterocycles. The third-order valence-corrected chi connectivity index (χ3v) is 2.74. The summed E-state index contributed by atoms with van der Waals surface area (Å²) in [5.41, 5.74) is 6.00. The molecule has 1 aliphatic heterocycles. The van der Waals surface area contributed by atoms with Gasteiger partial charge in [0.05, 0.1) is 6.10 Å². The highest BCUT2D eigenvalue weighted by Crippen LogP contribution is 2.17. The van der Waals surface area contributed by atoms with Gasteiger partial charge < -0.3 is 10.5 Å². The molecule has 0 radical (unpaired) electrons. The second-order valence-electron chi connectivity index (χ2n) is 4.08. The predicted octanol–water partition coefficient (Wildman–Crippen LogP) is 2.08. The van der Waals surface area contributed by atoms with Crippen molar-refractivity contribution in [2.75, 3.05) is 6.61 Å². The van der Waals surface area contributed by atoms with E-state index < -0.39 is 0 Å². The maximum atomic E-state index is 6.00. The summed E-state index contributed by atoms with van der Waals surface area (Å²) in [7, 11) is 0. The summed E-state index contributed by atoms with van der Waals surface area (Å²) in [6.07, 6.45) is 13.2. The van der Waals surface area contributed by atoms with Crippen LogP contribution in [-0.2, 0) is 4.74 Å². The average molecular weight is 195 g/mol. The van der Waals surface area contributed by atoms with Gasteiger partial charge in [-0.15, -0.1) is 12.3 Å². The molecule has 2 unspecified atom stereocenters. The maximum Gasteiger partial charge on any atom is 0.0589 e. The Morgan fingerprint density at radius 3 is 3.00 bits per heavy atom. The fourth-order valence-corrected chi connectivity index (χ4v) is 1.92. The summed E-state index contributed by atoms with van der Waals surface area (Å²) in [5, 5.41) is 0. The standard InChI is InChI=1S/C12H21NO/c1-2-3-4-7-11(13)10-12-8-5-6-9-14-12/h1,11-12H,3-10,13H2. The van der Waals surface area contributed by atoms with Crippen molar-refractivity contribution in [2.24, 2.45) is 5.73 Å². The first-order chi connectivity index (χ1) is 6.83. The van der Waals surface area contributed by atoms with Gasteiger partial charge in [-0.2, -0.15) is 0 Å². The lowest BCUT2D eigenvalue weighted by Gasteiger charge is -2.25. The van der Waals surface area contributed by atoms with E-state index in [1.807, 2.05) is 0 Å². The minimum atomic E-state index is 0.270. The number of hydrogen-bond acceptors (Lipinski definition) is 2. The fraction of sp³-hybridized carbons (Fsp3) is 0.833. The number of rotatable bonds is 5. The first kappa shape index (κ1) is 11.6. The molecule has 0 aromatic rings. The Balaban J connectivity index is 2.06. The lowest BCUT2D eigenvalue weighted by Crippen LogP contribution is -2.29. The van der Waals surface area contributed by atoms with Gasteiger partial charge in [0, 0.05) is 19.1 Å². The molecule has 1 aliphatic rings. The highest BCUT2D eigenvalue weighted by Gasteiger charge is 2.16. The Kier molecular flexibility index (Phi) is 5.66. The molecule has 0 spiro atoms. The SMILES string of the molecule is C#CCCCC(N)CC1CCCCO1. The summed E-state index contributed by atoms with van der Waals surface area (Å²) in [6, 6.07) is 0.270. The molecular formula is C12H21NO. The molecule has 0 aliphatic carbocycles. The summed E-state index contributed by atoms with van der Waals surface area (Å²) in [5.74, 6) is 2.64. The van der Waals surface area contributed by atoms with Crippen molar-refractivity contribution in [2.45, 2.75) is 57.1 Å². The number of hydrogen-bond donors (Lipinski definition) is 1. The largest absolute Gasteiger partial charge is 0.378 e. The molecule has 2 N–H and O–H groups in total. The van der Waals surface area contributed by atoms with Crippen LogP contribution in [0.4, 0.5) is 0 Å². The third kappa shape index (κ3) is 4.64. The van der Waals surface area contributed by atoms with Gasteiger partial charge in [0.2, 0.25) is 0 Å². The van der Waals surface area contributed by atoms with Crippen LogP contribution in [-0.4, -0.2) is 18.8 Å².